The summed E-state index contributed by atoms with van der Waals surface area (Å²) < 4.78 is 6.21. The fourth-order valence-corrected chi connectivity index (χ4v) is 2.29. The number of carbonyl (C=O) groups excluding carboxylic acids is 2. The van der Waals surface area contributed by atoms with Crippen LogP contribution in [-0.2, 0) is 9.59 Å². The third kappa shape index (κ3) is 6.11. The molecule has 0 unspecified atom stereocenters. The Balaban J connectivity index is 1.91. The van der Waals surface area contributed by atoms with E-state index in [2.05, 4.69) is 27.9 Å². The third-order valence-electron chi connectivity index (χ3n) is 2.78. The van der Waals surface area contributed by atoms with Crippen LogP contribution in [0.15, 0.2) is 54.6 Å². The Labute approximate surface area is 147 Å². The van der Waals surface area contributed by atoms with Crippen molar-refractivity contribution in [1.82, 2.24) is 0 Å². The maximum atomic E-state index is 11.9. The summed E-state index contributed by atoms with van der Waals surface area (Å²) in [5.74, 6) is -0.188. The zero-order chi connectivity index (χ0) is 16.7. The van der Waals surface area contributed by atoms with Gasteiger partial charge in [0.25, 0.3) is 5.91 Å². The quantitative estimate of drug-likeness (QED) is 0.555. The van der Waals surface area contributed by atoms with E-state index >= 15 is 0 Å². The maximum absolute atomic E-state index is 11.9. The molecule has 0 bridgehead atoms. The van der Waals surface area contributed by atoms with Gasteiger partial charge < -0.3 is 15.8 Å². The maximum Gasteiger partial charge on any atom is 0.255 e. The standard InChI is InChI=1S/C17H15IN2O3/c18-13-2-1-3-14(10-13)20-17(22)9-6-12-4-7-15(8-5-12)23-11-16(19)21/h1-10H,11H2,(H2,19,21)(H,20,22)/b9-6+. The Morgan fingerprint density at radius 1 is 1.17 bits per heavy atom. The van der Waals surface area contributed by atoms with E-state index in [1.165, 1.54) is 6.08 Å². The minimum atomic E-state index is -0.527. The van der Waals surface area contributed by atoms with E-state index in [4.69, 9.17) is 10.5 Å². The smallest absolute Gasteiger partial charge is 0.255 e. The van der Waals surface area contributed by atoms with E-state index in [1.54, 1.807) is 30.3 Å². The summed E-state index contributed by atoms with van der Waals surface area (Å²) in [4.78, 5) is 22.5. The largest absolute Gasteiger partial charge is 0.484 e. The van der Waals surface area contributed by atoms with E-state index in [0.29, 0.717) is 5.75 Å². The molecule has 0 fully saturated rings. The fourth-order valence-electron chi connectivity index (χ4n) is 1.75. The first-order valence-corrected chi connectivity index (χ1v) is 7.86. The van der Waals surface area contributed by atoms with Crippen molar-refractivity contribution in [3.8, 4) is 5.75 Å². The molecule has 0 aliphatic rings. The number of benzene rings is 2. The van der Waals surface area contributed by atoms with Crippen molar-refractivity contribution in [1.29, 1.82) is 0 Å². The number of carbonyl (C=O) groups is 2. The predicted octanol–water partition coefficient (Wildman–Crippen LogP) is 2.81. The lowest BCUT2D eigenvalue weighted by molar-refractivity contribution is -0.120. The molecule has 0 aliphatic carbocycles. The minimum Gasteiger partial charge on any atom is -0.484 e. The van der Waals surface area contributed by atoms with Crippen LogP contribution in [0.25, 0.3) is 6.08 Å². The molecular formula is C17H15IN2O3. The van der Waals surface area contributed by atoms with Gasteiger partial charge in [-0.3, -0.25) is 9.59 Å². The van der Waals surface area contributed by atoms with Crippen LogP contribution < -0.4 is 15.8 Å². The molecule has 6 heteroatoms. The Morgan fingerprint density at radius 3 is 2.57 bits per heavy atom. The number of primary amides is 1. The van der Waals surface area contributed by atoms with E-state index in [9.17, 15) is 9.59 Å². The average Bonchev–Trinajstić information content (AvgIpc) is 2.52. The number of anilines is 1. The number of nitrogens with one attached hydrogen (secondary N) is 1. The molecule has 0 aliphatic heterocycles. The predicted molar refractivity (Wildman–Crippen MR) is 98.0 cm³/mol. The van der Waals surface area contributed by atoms with Crippen LogP contribution in [0.1, 0.15) is 5.56 Å². The Hall–Kier alpha value is -2.35. The van der Waals surface area contributed by atoms with E-state index < -0.39 is 5.91 Å². The first-order valence-electron chi connectivity index (χ1n) is 6.79. The Bertz CT molecular complexity index is 727. The molecule has 0 aromatic heterocycles. The van der Waals surface area contributed by atoms with Gasteiger partial charge >= 0.3 is 0 Å². The lowest BCUT2D eigenvalue weighted by atomic mass is 10.2. The normalized spacial score (nSPS) is 10.5. The first-order chi connectivity index (χ1) is 11.0. The summed E-state index contributed by atoms with van der Waals surface area (Å²) in [5, 5.41) is 2.79. The second-order valence-electron chi connectivity index (χ2n) is 4.66. The molecule has 118 valence electrons. The van der Waals surface area contributed by atoms with Gasteiger partial charge in [0.05, 0.1) is 0 Å². The summed E-state index contributed by atoms with van der Waals surface area (Å²) >= 11 is 2.19. The number of halogens is 1. The van der Waals surface area contributed by atoms with E-state index in [1.807, 2.05) is 24.3 Å². The van der Waals surface area contributed by atoms with Crippen LogP contribution in [0, 0.1) is 3.57 Å². The lowest BCUT2D eigenvalue weighted by Crippen LogP contribution is -2.19. The zero-order valence-corrected chi connectivity index (χ0v) is 14.3. The van der Waals surface area contributed by atoms with E-state index in [-0.39, 0.29) is 12.5 Å². The summed E-state index contributed by atoms with van der Waals surface area (Å²) in [6, 6.07) is 14.5. The molecule has 2 amide bonds. The summed E-state index contributed by atoms with van der Waals surface area (Å²) in [7, 11) is 0. The van der Waals surface area contributed by atoms with Crippen LogP contribution in [0.3, 0.4) is 0 Å². The average molecular weight is 422 g/mol. The highest BCUT2D eigenvalue weighted by Crippen LogP contribution is 2.14. The van der Waals surface area contributed by atoms with Crippen molar-refractivity contribution in [2.75, 3.05) is 11.9 Å². The van der Waals surface area contributed by atoms with Gasteiger partial charge in [0, 0.05) is 15.3 Å². The van der Waals surface area contributed by atoms with Crippen molar-refractivity contribution in [2.24, 2.45) is 5.73 Å². The monoisotopic (exact) mass is 422 g/mol. The van der Waals surface area contributed by atoms with Gasteiger partial charge in [0.1, 0.15) is 5.75 Å². The molecule has 5 nitrogen and oxygen atoms in total. The second kappa shape index (κ2) is 8.33. The van der Waals surface area contributed by atoms with Crippen molar-refractivity contribution in [3.63, 3.8) is 0 Å². The molecule has 0 saturated carbocycles. The number of hydrogen-bond donors (Lipinski definition) is 2. The number of rotatable bonds is 6. The Morgan fingerprint density at radius 2 is 1.91 bits per heavy atom. The van der Waals surface area contributed by atoms with Crippen LogP contribution in [0.4, 0.5) is 5.69 Å². The van der Waals surface area contributed by atoms with Crippen LogP contribution >= 0.6 is 22.6 Å². The summed E-state index contributed by atoms with van der Waals surface area (Å²) in [6.07, 6.45) is 3.15. The van der Waals surface area contributed by atoms with E-state index in [0.717, 1.165) is 14.8 Å². The molecular weight excluding hydrogens is 407 g/mol. The van der Waals surface area contributed by atoms with Gasteiger partial charge in [-0.25, -0.2) is 0 Å². The molecule has 2 rings (SSSR count). The van der Waals surface area contributed by atoms with Crippen molar-refractivity contribution >= 4 is 46.2 Å². The van der Waals surface area contributed by atoms with Gasteiger partial charge in [-0.1, -0.05) is 18.2 Å². The van der Waals surface area contributed by atoms with Crippen molar-refractivity contribution in [2.45, 2.75) is 0 Å². The van der Waals surface area contributed by atoms with Gasteiger partial charge in [0.15, 0.2) is 6.61 Å². The van der Waals surface area contributed by atoms with Crippen LogP contribution in [0.5, 0.6) is 5.75 Å². The van der Waals surface area contributed by atoms with Gasteiger partial charge in [0.2, 0.25) is 5.91 Å². The highest BCUT2D eigenvalue weighted by Gasteiger charge is 1.99. The zero-order valence-electron chi connectivity index (χ0n) is 12.2. The topological polar surface area (TPSA) is 81.4 Å². The van der Waals surface area contributed by atoms with Crippen LogP contribution in [0.2, 0.25) is 0 Å². The SMILES string of the molecule is NC(=O)COc1ccc(/C=C/C(=O)Nc2cccc(I)c2)cc1. The second-order valence-corrected chi connectivity index (χ2v) is 5.90. The molecule has 0 spiro atoms. The van der Waals surface area contributed by atoms with Crippen molar-refractivity contribution < 1.29 is 14.3 Å². The minimum absolute atomic E-state index is 0.159. The molecule has 23 heavy (non-hydrogen) atoms. The summed E-state index contributed by atoms with van der Waals surface area (Å²) in [5.41, 5.74) is 6.60. The Kier molecular flexibility index (Phi) is 6.16. The summed E-state index contributed by atoms with van der Waals surface area (Å²) in [6.45, 7) is -0.159. The molecule has 0 atom stereocenters. The molecule has 3 N–H and O–H groups in total. The molecule has 0 saturated heterocycles. The van der Waals surface area contributed by atoms with Crippen molar-refractivity contribution in [3.05, 3.63) is 63.7 Å². The highest BCUT2D eigenvalue weighted by atomic mass is 127. The fraction of sp³-hybridized carbons (Fsp3) is 0.0588. The van der Waals surface area contributed by atoms with Gasteiger partial charge in [-0.15, -0.1) is 0 Å². The first kappa shape index (κ1) is 17.0. The molecule has 2 aromatic rings. The molecule has 0 heterocycles. The third-order valence-corrected chi connectivity index (χ3v) is 3.45. The van der Waals surface area contributed by atoms with Gasteiger partial charge in [-0.05, 0) is 64.6 Å². The molecule has 2 aromatic carbocycles. The highest BCUT2D eigenvalue weighted by molar-refractivity contribution is 14.1. The lowest BCUT2D eigenvalue weighted by Gasteiger charge is -2.04. The number of ether oxygens (including phenoxy) is 1. The number of hydrogen-bond acceptors (Lipinski definition) is 3. The molecule has 0 radical (unpaired) electrons. The van der Waals surface area contributed by atoms with Gasteiger partial charge in [-0.2, -0.15) is 0 Å². The number of amides is 2. The van der Waals surface area contributed by atoms with Crippen LogP contribution in [-0.4, -0.2) is 18.4 Å². The number of nitrogens with two attached hydrogens (primary N) is 1.